The number of nitrogens with zero attached hydrogens (tertiary/aromatic N) is 1. The number of anilines is 2. The molecule has 0 saturated heterocycles. The van der Waals surface area contributed by atoms with Crippen LogP contribution in [-0.4, -0.2) is 15.0 Å². The molecule has 8 heteroatoms. The van der Waals surface area contributed by atoms with Crippen LogP contribution in [0.2, 0.25) is 8.67 Å². The maximum Gasteiger partial charge on any atom is 0.266 e. The van der Waals surface area contributed by atoms with Crippen LogP contribution in [0.5, 0.6) is 0 Å². The van der Waals surface area contributed by atoms with Gasteiger partial charge >= 0.3 is 0 Å². The highest BCUT2D eigenvalue weighted by atomic mass is 35.5. The van der Waals surface area contributed by atoms with Crippen molar-refractivity contribution in [1.29, 1.82) is 0 Å². The summed E-state index contributed by atoms with van der Waals surface area (Å²) in [5, 5.41) is 0. The van der Waals surface area contributed by atoms with Crippen LogP contribution >= 0.6 is 34.5 Å². The van der Waals surface area contributed by atoms with Crippen LogP contribution in [-0.2, 0) is 10.0 Å². The molecule has 4 nitrogen and oxygen atoms in total. The molecule has 1 aromatic carbocycles. The molecule has 0 unspecified atom stereocenters. The van der Waals surface area contributed by atoms with Gasteiger partial charge in [-0.3, -0.25) is 4.31 Å². The van der Waals surface area contributed by atoms with Gasteiger partial charge in [0.15, 0.2) is 0 Å². The predicted molar refractivity (Wildman–Crippen MR) is 90.0 cm³/mol. The molecule has 21 heavy (non-hydrogen) atoms. The number of thiophene rings is 1. The fraction of sp³-hybridized carbons (Fsp3) is 0.231. The zero-order valence-corrected chi connectivity index (χ0v) is 14.4. The first kappa shape index (κ1) is 16.4. The van der Waals surface area contributed by atoms with Crippen molar-refractivity contribution < 1.29 is 8.42 Å². The van der Waals surface area contributed by atoms with E-state index in [9.17, 15) is 8.42 Å². The minimum atomic E-state index is -3.75. The van der Waals surface area contributed by atoms with Gasteiger partial charge in [-0.15, -0.1) is 11.3 Å². The Bertz CT molecular complexity index is 727. The average molecular weight is 365 g/mol. The Balaban J connectivity index is 2.51. The predicted octanol–water partition coefficient (Wildman–Crippen LogP) is 4.24. The Morgan fingerprint density at radius 3 is 2.33 bits per heavy atom. The molecule has 0 spiro atoms. The van der Waals surface area contributed by atoms with E-state index in [0.29, 0.717) is 28.7 Å². The number of rotatable bonds is 5. The molecule has 0 aliphatic carbocycles. The van der Waals surface area contributed by atoms with E-state index in [2.05, 4.69) is 0 Å². The van der Waals surface area contributed by atoms with Gasteiger partial charge in [0.1, 0.15) is 9.23 Å². The largest absolute Gasteiger partial charge is 0.399 e. The Hall–Kier alpha value is -0.950. The first-order chi connectivity index (χ1) is 9.86. The van der Waals surface area contributed by atoms with Gasteiger partial charge in [0, 0.05) is 12.2 Å². The summed E-state index contributed by atoms with van der Waals surface area (Å²) in [5.74, 6) is 0. The van der Waals surface area contributed by atoms with Crippen LogP contribution in [0.1, 0.15) is 13.3 Å². The van der Waals surface area contributed by atoms with Crippen molar-refractivity contribution in [2.45, 2.75) is 18.2 Å². The summed E-state index contributed by atoms with van der Waals surface area (Å²) in [6.45, 7) is 2.25. The Labute approximate surface area is 138 Å². The Morgan fingerprint density at radius 2 is 1.86 bits per heavy atom. The second-order valence-electron chi connectivity index (χ2n) is 4.36. The number of hydrogen-bond donors (Lipinski definition) is 1. The van der Waals surface area contributed by atoms with E-state index in [4.69, 9.17) is 28.9 Å². The maximum absolute atomic E-state index is 12.8. The van der Waals surface area contributed by atoms with Gasteiger partial charge in [0.05, 0.1) is 10.0 Å². The van der Waals surface area contributed by atoms with Gasteiger partial charge in [-0.25, -0.2) is 8.42 Å². The topological polar surface area (TPSA) is 63.4 Å². The average Bonchev–Trinajstić information content (AvgIpc) is 2.77. The molecule has 2 rings (SSSR count). The van der Waals surface area contributed by atoms with Crippen molar-refractivity contribution in [1.82, 2.24) is 0 Å². The summed E-state index contributed by atoms with van der Waals surface area (Å²) in [7, 11) is -3.75. The summed E-state index contributed by atoms with van der Waals surface area (Å²) < 4.78 is 27.4. The molecule has 1 heterocycles. The zero-order chi connectivity index (χ0) is 15.6. The zero-order valence-electron chi connectivity index (χ0n) is 11.2. The van der Waals surface area contributed by atoms with Crippen LogP contribution < -0.4 is 10.0 Å². The molecule has 0 fully saturated rings. The second-order valence-corrected chi connectivity index (χ2v) is 8.47. The molecule has 114 valence electrons. The third-order valence-corrected chi connectivity index (χ3v) is 6.38. The SMILES string of the molecule is CCCN(c1ccc(N)cc1)S(=O)(=O)c1cc(Cl)sc1Cl. The molecule has 0 radical (unpaired) electrons. The molecular formula is C13H14Cl2N2O2S2. The van der Waals surface area contributed by atoms with E-state index < -0.39 is 10.0 Å². The van der Waals surface area contributed by atoms with E-state index >= 15 is 0 Å². The molecule has 0 saturated carbocycles. The highest BCUT2D eigenvalue weighted by Crippen LogP contribution is 2.37. The summed E-state index contributed by atoms with van der Waals surface area (Å²) in [6, 6.07) is 8.05. The second kappa shape index (κ2) is 6.44. The van der Waals surface area contributed by atoms with Gasteiger partial charge in [-0.1, -0.05) is 30.1 Å². The van der Waals surface area contributed by atoms with Crippen LogP contribution in [0.4, 0.5) is 11.4 Å². The number of nitrogens with two attached hydrogens (primary N) is 1. The third-order valence-electron chi connectivity index (χ3n) is 2.80. The van der Waals surface area contributed by atoms with Crippen molar-refractivity contribution in [2.24, 2.45) is 0 Å². The van der Waals surface area contributed by atoms with Gasteiger partial charge in [-0.2, -0.15) is 0 Å². The van der Waals surface area contributed by atoms with Gasteiger partial charge in [0.25, 0.3) is 10.0 Å². The number of sulfonamides is 1. The van der Waals surface area contributed by atoms with Crippen LogP contribution in [0.25, 0.3) is 0 Å². The minimum Gasteiger partial charge on any atom is -0.399 e. The van der Waals surface area contributed by atoms with Gasteiger partial charge in [0.2, 0.25) is 0 Å². The number of hydrogen-bond acceptors (Lipinski definition) is 4. The van der Waals surface area contributed by atoms with Crippen LogP contribution in [0.15, 0.2) is 35.2 Å². The minimum absolute atomic E-state index is 0.0319. The van der Waals surface area contributed by atoms with Crippen molar-refractivity contribution in [3.05, 3.63) is 39.0 Å². The lowest BCUT2D eigenvalue weighted by atomic mass is 10.3. The van der Waals surface area contributed by atoms with Crippen LogP contribution in [0.3, 0.4) is 0 Å². The Morgan fingerprint density at radius 1 is 1.24 bits per heavy atom. The van der Waals surface area contributed by atoms with E-state index in [1.54, 1.807) is 24.3 Å². The first-order valence-corrected chi connectivity index (χ1v) is 9.20. The standard InChI is InChI=1S/C13H14Cl2N2O2S2/c1-2-7-17(10-5-3-9(16)4-6-10)21(18,19)11-8-12(14)20-13(11)15/h3-6,8H,2,7,16H2,1H3. The lowest BCUT2D eigenvalue weighted by molar-refractivity contribution is 0.590. The molecule has 0 aliphatic heterocycles. The fourth-order valence-electron chi connectivity index (χ4n) is 1.85. The molecule has 1 aromatic heterocycles. The summed E-state index contributed by atoms with van der Waals surface area (Å²) in [4.78, 5) is 0.0319. The molecule has 0 aliphatic rings. The molecule has 2 N–H and O–H groups in total. The molecular weight excluding hydrogens is 351 g/mol. The fourth-order valence-corrected chi connectivity index (χ4v) is 5.52. The highest BCUT2D eigenvalue weighted by Gasteiger charge is 2.28. The summed E-state index contributed by atoms with van der Waals surface area (Å²) >= 11 is 12.9. The van der Waals surface area contributed by atoms with E-state index in [0.717, 1.165) is 11.3 Å². The van der Waals surface area contributed by atoms with Crippen molar-refractivity contribution in [3.8, 4) is 0 Å². The smallest absolute Gasteiger partial charge is 0.266 e. The lowest BCUT2D eigenvalue weighted by Crippen LogP contribution is -2.31. The number of benzene rings is 1. The van der Waals surface area contributed by atoms with Crippen molar-refractivity contribution in [3.63, 3.8) is 0 Å². The number of nitrogen functional groups attached to an aromatic ring is 1. The van der Waals surface area contributed by atoms with E-state index in [-0.39, 0.29) is 9.23 Å². The monoisotopic (exact) mass is 364 g/mol. The molecule has 2 aromatic rings. The summed E-state index contributed by atoms with van der Waals surface area (Å²) in [5.41, 5.74) is 6.76. The van der Waals surface area contributed by atoms with Crippen molar-refractivity contribution in [2.75, 3.05) is 16.6 Å². The van der Waals surface area contributed by atoms with Gasteiger partial charge in [-0.05, 0) is 36.8 Å². The van der Waals surface area contributed by atoms with E-state index in [1.807, 2.05) is 6.92 Å². The quantitative estimate of drug-likeness (QED) is 0.806. The summed E-state index contributed by atoms with van der Waals surface area (Å²) in [6.07, 6.45) is 0.666. The highest BCUT2D eigenvalue weighted by molar-refractivity contribution is 7.93. The normalized spacial score (nSPS) is 11.6. The molecule has 0 amide bonds. The molecule has 0 atom stereocenters. The van der Waals surface area contributed by atoms with Crippen molar-refractivity contribution >= 4 is 55.9 Å². The Kier molecular flexibility index (Phi) is 5.03. The molecule has 0 bridgehead atoms. The number of halogens is 2. The van der Waals surface area contributed by atoms with Crippen LogP contribution in [0, 0.1) is 0 Å². The third kappa shape index (κ3) is 3.45. The maximum atomic E-state index is 12.8. The first-order valence-electron chi connectivity index (χ1n) is 6.19. The van der Waals surface area contributed by atoms with Gasteiger partial charge < -0.3 is 5.73 Å². The lowest BCUT2D eigenvalue weighted by Gasteiger charge is -2.23. The van der Waals surface area contributed by atoms with E-state index in [1.165, 1.54) is 10.4 Å².